The molecule has 15 heavy (non-hydrogen) atoms. The van der Waals surface area contributed by atoms with Gasteiger partial charge in [0.15, 0.2) is 0 Å². The average molecular weight is 216 g/mol. The highest BCUT2D eigenvalue weighted by Gasteiger charge is 2.32. The van der Waals surface area contributed by atoms with Crippen molar-refractivity contribution in [3.8, 4) is 0 Å². The lowest BCUT2D eigenvalue weighted by Gasteiger charge is -2.33. The van der Waals surface area contributed by atoms with E-state index in [1.54, 1.807) is 6.92 Å². The van der Waals surface area contributed by atoms with Crippen LogP contribution in [0.1, 0.15) is 48.0 Å². The summed E-state index contributed by atoms with van der Waals surface area (Å²) in [5.41, 5.74) is -0.188. The van der Waals surface area contributed by atoms with Crippen molar-refractivity contribution in [3.05, 3.63) is 0 Å². The second kappa shape index (κ2) is 5.50. The maximum Gasteiger partial charge on any atom is 0.305 e. The van der Waals surface area contributed by atoms with E-state index in [1.165, 1.54) is 0 Å². The molecular weight excluding hydrogens is 192 g/mol. The van der Waals surface area contributed by atoms with Gasteiger partial charge in [0.25, 0.3) is 0 Å². The van der Waals surface area contributed by atoms with E-state index in [4.69, 9.17) is 4.74 Å². The molecule has 3 atom stereocenters. The van der Waals surface area contributed by atoms with Crippen molar-refractivity contribution >= 4 is 5.97 Å². The van der Waals surface area contributed by atoms with Crippen molar-refractivity contribution in [2.45, 2.75) is 60.2 Å². The van der Waals surface area contributed by atoms with Crippen LogP contribution in [-0.2, 0) is 9.53 Å². The van der Waals surface area contributed by atoms with Crippen LogP contribution in [0.2, 0.25) is 0 Å². The molecule has 3 nitrogen and oxygen atoms in total. The summed E-state index contributed by atoms with van der Waals surface area (Å²) in [6, 6.07) is 0. The number of hydrogen-bond acceptors (Lipinski definition) is 3. The van der Waals surface area contributed by atoms with Gasteiger partial charge in [-0.05, 0) is 12.3 Å². The zero-order valence-electron chi connectivity index (χ0n) is 10.7. The Labute approximate surface area is 92.8 Å². The van der Waals surface area contributed by atoms with Gasteiger partial charge >= 0.3 is 5.97 Å². The molecule has 0 aliphatic rings. The van der Waals surface area contributed by atoms with E-state index in [9.17, 15) is 9.90 Å². The third-order valence-electron chi connectivity index (χ3n) is 2.73. The number of carbonyl (C=O) groups is 1. The minimum absolute atomic E-state index is 0.0551. The van der Waals surface area contributed by atoms with Crippen molar-refractivity contribution in [1.29, 1.82) is 0 Å². The zero-order chi connectivity index (χ0) is 12.2. The molecule has 0 heterocycles. The summed E-state index contributed by atoms with van der Waals surface area (Å²) in [6.45, 7) is 11.4. The van der Waals surface area contributed by atoms with Gasteiger partial charge in [-0.25, -0.2) is 0 Å². The predicted molar refractivity (Wildman–Crippen MR) is 60.5 cm³/mol. The third kappa shape index (κ3) is 4.65. The fraction of sp³-hybridized carbons (Fsp3) is 0.917. The van der Waals surface area contributed by atoms with Crippen LogP contribution in [0.25, 0.3) is 0 Å². The molecule has 0 aromatic heterocycles. The van der Waals surface area contributed by atoms with Gasteiger partial charge in [-0.3, -0.25) is 4.79 Å². The fourth-order valence-electron chi connectivity index (χ4n) is 1.44. The van der Waals surface area contributed by atoms with Gasteiger partial charge in [0.1, 0.15) is 6.10 Å². The molecule has 3 unspecified atom stereocenters. The van der Waals surface area contributed by atoms with Crippen LogP contribution in [0.3, 0.4) is 0 Å². The van der Waals surface area contributed by atoms with Gasteiger partial charge in [-0.2, -0.15) is 0 Å². The van der Waals surface area contributed by atoms with Crippen LogP contribution >= 0.6 is 0 Å². The normalized spacial score (nSPS) is 18.1. The molecule has 0 rings (SSSR count). The molecular formula is C12H24O3. The van der Waals surface area contributed by atoms with Crippen LogP contribution in [0.4, 0.5) is 0 Å². The number of esters is 1. The number of aliphatic hydroxyl groups excluding tert-OH is 1. The van der Waals surface area contributed by atoms with Gasteiger partial charge in [0.05, 0.1) is 6.10 Å². The van der Waals surface area contributed by atoms with Crippen molar-refractivity contribution in [2.75, 3.05) is 0 Å². The average Bonchev–Trinajstić information content (AvgIpc) is 2.13. The maximum absolute atomic E-state index is 11.1. The molecule has 1 N–H and O–H groups in total. The standard InChI is InChI=1S/C12H24O3/c1-7-10(13)15-9(3)8(2)11(14)12(4,5)6/h8-9,11,14H,7H2,1-6H3. The van der Waals surface area contributed by atoms with Gasteiger partial charge < -0.3 is 9.84 Å². The first-order valence-electron chi connectivity index (χ1n) is 5.57. The summed E-state index contributed by atoms with van der Waals surface area (Å²) >= 11 is 0. The summed E-state index contributed by atoms with van der Waals surface area (Å²) in [5, 5.41) is 10.0. The van der Waals surface area contributed by atoms with Crippen molar-refractivity contribution in [2.24, 2.45) is 11.3 Å². The topological polar surface area (TPSA) is 46.5 Å². The van der Waals surface area contributed by atoms with Crippen LogP contribution in [0, 0.1) is 11.3 Å². The molecule has 3 heteroatoms. The van der Waals surface area contributed by atoms with Crippen molar-refractivity contribution < 1.29 is 14.6 Å². The molecule has 0 saturated heterocycles. The third-order valence-corrected chi connectivity index (χ3v) is 2.73. The highest BCUT2D eigenvalue weighted by atomic mass is 16.5. The highest BCUT2D eigenvalue weighted by Crippen LogP contribution is 2.27. The molecule has 0 aliphatic carbocycles. The van der Waals surface area contributed by atoms with E-state index in [2.05, 4.69) is 0 Å². The Kier molecular flexibility index (Phi) is 5.29. The Morgan fingerprint density at radius 2 is 1.80 bits per heavy atom. The van der Waals surface area contributed by atoms with Gasteiger partial charge in [0, 0.05) is 12.3 Å². The minimum Gasteiger partial charge on any atom is -0.462 e. The first kappa shape index (κ1) is 14.4. The largest absolute Gasteiger partial charge is 0.462 e. The molecule has 0 bridgehead atoms. The maximum atomic E-state index is 11.1. The molecule has 0 aromatic rings. The predicted octanol–water partition coefficient (Wildman–Crippen LogP) is 2.37. The number of ether oxygens (including phenoxy) is 1. The van der Waals surface area contributed by atoms with Crippen LogP contribution < -0.4 is 0 Å². The Morgan fingerprint density at radius 3 is 2.13 bits per heavy atom. The lowest BCUT2D eigenvalue weighted by molar-refractivity contribution is -0.153. The lowest BCUT2D eigenvalue weighted by Crippen LogP contribution is -2.39. The second-order valence-corrected chi connectivity index (χ2v) is 5.22. The van der Waals surface area contributed by atoms with E-state index in [0.29, 0.717) is 6.42 Å². The molecule has 0 aliphatic heterocycles. The Morgan fingerprint density at radius 1 is 1.33 bits per heavy atom. The Hall–Kier alpha value is -0.570. The van der Waals surface area contributed by atoms with E-state index >= 15 is 0 Å². The Bertz CT molecular complexity index is 205. The summed E-state index contributed by atoms with van der Waals surface area (Å²) in [4.78, 5) is 11.1. The first-order chi connectivity index (χ1) is 6.70. The quantitative estimate of drug-likeness (QED) is 0.734. The zero-order valence-corrected chi connectivity index (χ0v) is 10.7. The summed E-state index contributed by atoms with van der Waals surface area (Å²) < 4.78 is 5.18. The van der Waals surface area contributed by atoms with Crippen LogP contribution in [0.5, 0.6) is 0 Å². The van der Waals surface area contributed by atoms with E-state index in [1.807, 2.05) is 34.6 Å². The highest BCUT2D eigenvalue weighted by molar-refractivity contribution is 5.69. The van der Waals surface area contributed by atoms with Crippen molar-refractivity contribution in [3.63, 3.8) is 0 Å². The lowest BCUT2D eigenvalue weighted by atomic mass is 9.80. The minimum atomic E-state index is -0.475. The monoisotopic (exact) mass is 216 g/mol. The first-order valence-corrected chi connectivity index (χ1v) is 5.57. The SMILES string of the molecule is CCC(=O)OC(C)C(C)C(O)C(C)(C)C. The summed E-state index contributed by atoms with van der Waals surface area (Å²) in [7, 11) is 0. The van der Waals surface area contributed by atoms with E-state index in [0.717, 1.165) is 0 Å². The van der Waals surface area contributed by atoms with Crippen LogP contribution in [0.15, 0.2) is 0 Å². The van der Waals surface area contributed by atoms with Crippen molar-refractivity contribution in [1.82, 2.24) is 0 Å². The van der Waals surface area contributed by atoms with E-state index < -0.39 is 6.10 Å². The fourth-order valence-corrected chi connectivity index (χ4v) is 1.44. The van der Waals surface area contributed by atoms with Crippen LogP contribution in [-0.4, -0.2) is 23.3 Å². The summed E-state index contributed by atoms with van der Waals surface area (Å²) in [5.74, 6) is -0.268. The smallest absolute Gasteiger partial charge is 0.305 e. The molecule has 0 amide bonds. The molecule has 0 saturated carbocycles. The number of rotatable bonds is 4. The van der Waals surface area contributed by atoms with Gasteiger partial charge in [-0.1, -0.05) is 34.6 Å². The number of carbonyl (C=O) groups excluding carboxylic acids is 1. The van der Waals surface area contributed by atoms with E-state index in [-0.39, 0.29) is 23.4 Å². The second-order valence-electron chi connectivity index (χ2n) is 5.22. The molecule has 0 fully saturated rings. The number of aliphatic hydroxyl groups is 1. The van der Waals surface area contributed by atoms with Gasteiger partial charge in [0.2, 0.25) is 0 Å². The Balaban J connectivity index is 4.31. The molecule has 0 spiro atoms. The molecule has 0 radical (unpaired) electrons. The molecule has 90 valence electrons. The summed E-state index contributed by atoms with van der Waals surface area (Å²) in [6.07, 6.45) is -0.341. The van der Waals surface area contributed by atoms with Gasteiger partial charge in [-0.15, -0.1) is 0 Å². The molecule has 0 aromatic carbocycles. The number of hydrogen-bond donors (Lipinski definition) is 1.